The second-order valence-corrected chi connectivity index (χ2v) is 13.8. The summed E-state index contributed by atoms with van der Waals surface area (Å²) in [5.74, 6) is -0.821. The van der Waals surface area contributed by atoms with Crippen molar-refractivity contribution in [1.29, 1.82) is 0 Å². The van der Waals surface area contributed by atoms with E-state index in [1.165, 1.54) is 36.3 Å². The molecule has 0 saturated carbocycles. The van der Waals surface area contributed by atoms with E-state index in [9.17, 15) is 29.8 Å². The van der Waals surface area contributed by atoms with Crippen LogP contribution >= 0.6 is 12.0 Å². The van der Waals surface area contributed by atoms with E-state index in [2.05, 4.69) is 0 Å². The van der Waals surface area contributed by atoms with Crippen molar-refractivity contribution in [3.8, 4) is 5.75 Å². The molecule has 0 fully saturated rings. The Bertz CT molecular complexity index is 1450. The van der Waals surface area contributed by atoms with Crippen LogP contribution in [0.25, 0.3) is 0 Å². The summed E-state index contributed by atoms with van der Waals surface area (Å²) >= 11 is 0.624. The Morgan fingerprint density at radius 2 is 1.55 bits per heavy atom. The van der Waals surface area contributed by atoms with Gasteiger partial charge in [-0.1, -0.05) is 0 Å². The highest BCUT2D eigenvalue weighted by Crippen LogP contribution is 2.29. The molecule has 0 bridgehead atoms. The van der Waals surface area contributed by atoms with Gasteiger partial charge in [0, 0.05) is 30.6 Å². The molecular weight excluding hydrogens is 586 g/mol. The van der Waals surface area contributed by atoms with Crippen LogP contribution in [0.5, 0.6) is 5.75 Å². The van der Waals surface area contributed by atoms with Crippen LogP contribution in [0.2, 0.25) is 0 Å². The molecule has 0 aliphatic carbocycles. The van der Waals surface area contributed by atoms with Crippen LogP contribution in [0.4, 0.5) is 11.4 Å². The third-order valence-electron chi connectivity index (χ3n) is 5.14. The molecule has 14 nitrogen and oxygen atoms in total. The summed E-state index contributed by atoms with van der Waals surface area (Å²) < 4.78 is 99.4. The van der Waals surface area contributed by atoms with Crippen LogP contribution in [-0.4, -0.2) is 84.1 Å². The van der Waals surface area contributed by atoms with Crippen LogP contribution in [0.15, 0.2) is 45.0 Å². The normalized spacial score (nSPS) is 12.7. The van der Waals surface area contributed by atoms with Crippen LogP contribution < -0.4 is 16.2 Å². The summed E-state index contributed by atoms with van der Waals surface area (Å²) in [5, 5.41) is 0. The molecule has 0 aromatic heterocycles. The standard InChI is InChI=1S/C20H29N3O11S4/c1-14-11-17(22)18(32-2)13-19(14)36(24,25)9-6-23(7-10-37(26,27)28)5-8-33-34-35-15-3-4-16(21)20(12-15)38(29,30)31/h3-4,11-13H,5-10,21-22H2,1-2H3,(H,26,27,28)(H,29,30,31). The van der Waals surface area contributed by atoms with Gasteiger partial charge in [-0.15, -0.1) is 0 Å². The fourth-order valence-corrected chi connectivity index (χ4v) is 6.44. The number of hydrogen-bond donors (Lipinski definition) is 4. The Labute approximate surface area is 225 Å². The highest BCUT2D eigenvalue weighted by atomic mass is 32.2. The van der Waals surface area contributed by atoms with Gasteiger partial charge in [0.1, 0.15) is 10.6 Å². The Hall–Kier alpha value is -2.16. The third-order valence-corrected chi connectivity index (χ3v) is 9.18. The number of aryl methyl sites for hydroxylation is 1. The molecule has 0 aliphatic heterocycles. The first-order valence-electron chi connectivity index (χ1n) is 10.7. The molecule has 0 aliphatic rings. The summed E-state index contributed by atoms with van der Waals surface area (Å²) in [7, 11) is -11.3. The fourth-order valence-electron chi connectivity index (χ4n) is 3.20. The molecule has 0 unspecified atom stereocenters. The van der Waals surface area contributed by atoms with E-state index in [1.807, 2.05) is 0 Å². The van der Waals surface area contributed by atoms with E-state index in [4.69, 9.17) is 30.0 Å². The van der Waals surface area contributed by atoms with Crippen molar-refractivity contribution in [3.63, 3.8) is 0 Å². The SMILES string of the molecule is COc1cc(S(=O)(=O)CCN(CCOOSc2ccc(N)c(S(=O)(=O)O)c2)CCS(=O)(=O)O)c(C)cc1N. The van der Waals surface area contributed by atoms with Crippen molar-refractivity contribution in [2.24, 2.45) is 0 Å². The number of hydrogen-bond acceptors (Lipinski definition) is 13. The fraction of sp³-hybridized carbons (Fsp3) is 0.400. The summed E-state index contributed by atoms with van der Waals surface area (Å²) in [6.07, 6.45) is 0. The number of ether oxygens (including phenoxy) is 1. The second-order valence-electron chi connectivity index (χ2n) is 7.95. The van der Waals surface area contributed by atoms with Gasteiger partial charge in [0.25, 0.3) is 20.2 Å². The highest BCUT2D eigenvalue weighted by molar-refractivity contribution is 7.94. The van der Waals surface area contributed by atoms with Gasteiger partial charge in [-0.3, -0.25) is 14.0 Å². The first-order valence-corrected chi connectivity index (χ1v) is 16.2. The summed E-state index contributed by atoms with van der Waals surface area (Å²) in [4.78, 5) is 6.23. The minimum absolute atomic E-state index is 0.0158. The largest absolute Gasteiger partial charge is 0.495 e. The van der Waals surface area contributed by atoms with Crippen molar-refractivity contribution >= 4 is 53.5 Å². The molecule has 2 aromatic carbocycles. The maximum atomic E-state index is 13.0. The molecule has 2 aromatic rings. The van der Waals surface area contributed by atoms with Crippen LogP contribution in [0.1, 0.15) is 5.56 Å². The first kappa shape index (κ1) is 32.1. The van der Waals surface area contributed by atoms with E-state index in [-0.39, 0.29) is 58.9 Å². The summed E-state index contributed by atoms with van der Waals surface area (Å²) in [6, 6.07) is 6.56. The predicted octanol–water partition coefficient (Wildman–Crippen LogP) is 1.03. The molecular formula is C20H29N3O11S4. The van der Waals surface area contributed by atoms with E-state index in [0.29, 0.717) is 17.6 Å². The topological polar surface area (TPSA) is 226 Å². The van der Waals surface area contributed by atoms with Gasteiger partial charge in [-0.2, -0.15) is 21.2 Å². The number of anilines is 2. The molecule has 0 amide bonds. The lowest BCUT2D eigenvalue weighted by atomic mass is 10.2. The predicted molar refractivity (Wildman–Crippen MR) is 141 cm³/mol. The average Bonchev–Trinajstić information content (AvgIpc) is 2.79. The maximum Gasteiger partial charge on any atom is 0.296 e. The smallest absolute Gasteiger partial charge is 0.296 e. The van der Waals surface area contributed by atoms with Crippen molar-refractivity contribution in [1.82, 2.24) is 4.90 Å². The van der Waals surface area contributed by atoms with Gasteiger partial charge in [0.15, 0.2) is 9.84 Å². The number of nitrogen functional groups attached to an aromatic ring is 2. The lowest BCUT2D eigenvalue weighted by molar-refractivity contribution is -0.193. The Morgan fingerprint density at radius 1 is 0.895 bits per heavy atom. The molecule has 2 rings (SSSR count). The molecule has 0 saturated heterocycles. The molecule has 214 valence electrons. The lowest BCUT2D eigenvalue weighted by Crippen LogP contribution is -2.36. The summed E-state index contributed by atoms with van der Waals surface area (Å²) in [5.41, 5.74) is 11.9. The maximum absolute atomic E-state index is 13.0. The Balaban J connectivity index is 2.00. The van der Waals surface area contributed by atoms with Crippen LogP contribution in [0, 0.1) is 6.92 Å². The molecule has 18 heteroatoms. The number of rotatable bonds is 15. The van der Waals surface area contributed by atoms with Gasteiger partial charge in [-0.05, 0) is 36.8 Å². The second kappa shape index (κ2) is 13.3. The number of benzene rings is 2. The van der Waals surface area contributed by atoms with Crippen LogP contribution in [0.3, 0.4) is 0 Å². The number of nitrogens with two attached hydrogens (primary N) is 2. The molecule has 0 spiro atoms. The van der Waals surface area contributed by atoms with Crippen molar-refractivity contribution in [2.45, 2.75) is 21.6 Å². The molecule has 0 radical (unpaired) electrons. The lowest BCUT2D eigenvalue weighted by Gasteiger charge is -2.21. The van der Waals surface area contributed by atoms with Gasteiger partial charge < -0.3 is 16.2 Å². The zero-order chi connectivity index (χ0) is 28.7. The van der Waals surface area contributed by atoms with Crippen molar-refractivity contribution in [3.05, 3.63) is 35.9 Å². The monoisotopic (exact) mass is 615 g/mol. The van der Waals surface area contributed by atoms with Gasteiger partial charge in [0.2, 0.25) is 0 Å². The van der Waals surface area contributed by atoms with Crippen molar-refractivity contribution in [2.75, 3.05) is 56.3 Å². The first-order chi connectivity index (χ1) is 17.5. The molecule has 0 atom stereocenters. The number of methoxy groups -OCH3 is 1. The van der Waals surface area contributed by atoms with E-state index in [1.54, 1.807) is 6.92 Å². The highest BCUT2D eigenvalue weighted by Gasteiger charge is 2.22. The number of sulfone groups is 1. The van der Waals surface area contributed by atoms with E-state index in [0.717, 1.165) is 6.07 Å². The minimum Gasteiger partial charge on any atom is -0.495 e. The minimum atomic E-state index is -4.54. The van der Waals surface area contributed by atoms with Crippen molar-refractivity contribution < 1.29 is 48.3 Å². The van der Waals surface area contributed by atoms with E-state index >= 15 is 0 Å². The van der Waals surface area contributed by atoms with Gasteiger partial charge >= 0.3 is 0 Å². The molecule has 0 heterocycles. The zero-order valence-corrected chi connectivity index (χ0v) is 23.7. The summed E-state index contributed by atoms with van der Waals surface area (Å²) in [6.45, 7) is 1.17. The molecule has 6 N–H and O–H groups in total. The third kappa shape index (κ3) is 9.86. The van der Waals surface area contributed by atoms with Gasteiger partial charge in [-0.25, -0.2) is 13.3 Å². The van der Waals surface area contributed by atoms with Gasteiger partial charge in [0.05, 0.1) is 53.5 Å². The average molecular weight is 616 g/mol. The quantitative estimate of drug-likeness (QED) is 0.0548. The van der Waals surface area contributed by atoms with E-state index < -0.39 is 40.7 Å². The number of nitrogens with zero attached hydrogens (tertiary/aromatic N) is 1. The Morgan fingerprint density at radius 3 is 2.16 bits per heavy atom. The van der Waals surface area contributed by atoms with Crippen LogP contribution in [-0.2, 0) is 39.3 Å². The molecule has 38 heavy (non-hydrogen) atoms. The zero-order valence-electron chi connectivity index (χ0n) is 20.4. The Kier molecular flexibility index (Phi) is 11.2.